The number of carbonyl (C=O) groups is 2. The van der Waals surface area contributed by atoms with Crippen molar-refractivity contribution in [3.8, 4) is 17.2 Å². The van der Waals surface area contributed by atoms with Gasteiger partial charge in [0.15, 0.2) is 0 Å². The van der Waals surface area contributed by atoms with Crippen LogP contribution in [0, 0.1) is 0 Å². The van der Waals surface area contributed by atoms with E-state index in [1.54, 1.807) is 49.6 Å². The van der Waals surface area contributed by atoms with Crippen molar-refractivity contribution in [2.45, 2.75) is 6.42 Å². The smallest absolute Gasteiger partial charge is 0.243 e. The second-order valence-corrected chi connectivity index (χ2v) is 5.42. The van der Waals surface area contributed by atoms with Gasteiger partial charge in [-0.2, -0.15) is 0 Å². The van der Waals surface area contributed by atoms with Crippen molar-refractivity contribution in [2.24, 2.45) is 0 Å². The molecule has 7 heteroatoms. The van der Waals surface area contributed by atoms with Crippen LogP contribution in [0.5, 0.6) is 17.2 Å². The second-order valence-electron chi connectivity index (χ2n) is 5.42. The van der Waals surface area contributed by atoms with Crippen molar-refractivity contribution >= 4 is 17.5 Å². The van der Waals surface area contributed by atoms with Crippen LogP contribution >= 0.6 is 0 Å². The van der Waals surface area contributed by atoms with Crippen LogP contribution in [-0.4, -0.2) is 39.7 Å². The summed E-state index contributed by atoms with van der Waals surface area (Å²) >= 11 is 0. The summed E-state index contributed by atoms with van der Waals surface area (Å²) in [5.41, 5.74) is 1.31. The summed E-state index contributed by atoms with van der Waals surface area (Å²) in [6, 6.07) is 12.2. The summed E-state index contributed by atoms with van der Waals surface area (Å²) in [5.74, 6) is 1.21. The predicted octanol–water partition coefficient (Wildman–Crippen LogP) is 2.01. The van der Waals surface area contributed by atoms with Crippen LogP contribution in [0.25, 0.3) is 0 Å². The summed E-state index contributed by atoms with van der Waals surface area (Å²) in [6.45, 7) is -0.143. The summed E-state index contributed by atoms with van der Waals surface area (Å²) in [6.07, 6.45) is 0.180. The lowest BCUT2D eigenvalue weighted by Crippen LogP contribution is -2.33. The van der Waals surface area contributed by atoms with E-state index in [4.69, 9.17) is 14.2 Å². The molecule has 0 atom stereocenters. The number of rotatable bonds is 8. The Hall–Kier alpha value is -3.22. The van der Waals surface area contributed by atoms with Crippen molar-refractivity contribution in [3.63, 3.8) is 0 Å². The Morgan fingerprint density at radius 2 is 1.50 bits per heavy atom. The predicted molar refractivity (Wildman–Crippen MR) is 97.9 cm³/mol. The highest BCUT2D eigenvalue weighted by Crippen LogP contribution is 2.28. The molecule has 0 saturated carbocycles. The molecule has 2 amide bonds. The molecule has 0 saturated heterocycles. The normalized spacial score (nSPS) is 9.96. The summed E-state index contributed by atoms with van der Waals surface area (Å²) in [7, 11) is 4.62. The average molecular weight is 358 g/mol. The highest BCUT2D eigenvalue weighted by atomic mass is 16.5. The standard InChI is InChI=1S/C19H22N2O5/c1-24-14-6-4-13(5-7-14)10-18(22)20-12-19(23)21-16-11-15(25-2)8-9-17(16)26-3/h4-9,11H,10,12H2,1-3H3,(H,20,22)(H,21,23). The van der Waals surface area contributed by atoms with Gasteiger partial charge in [0, 0.05) is 6.07 Å². The first-order chi connectivity index (χ1) is 12.5. The fourth-order valence-corrected chi connectivity index (χ4v) is 2.28. The molecular weight excluding hydrogens is 336 g/mol. The molecule has 0 aliphatic rings. The van der Waals surface area contributed by atoms with Gasteiger partial charge >= 0.3 is 0 Å². The van der Waals surface area contributed by atoms with E-state index in [1.165, 1.54) is 14.2 Å². The molecule has 2 aromatic carbocycles. The van der Waals surface area contributed by atoms with Gasteiger partial charge in [-0.3, -0.25) is 9.59 Å². The second kappa shape index (κ2) is 9.31. The van der Waals surface area contributed by atoms with Crippen molar-refractivity contribution in [2.75, 3.05) is 33.2 Å². The number of hydrogen-bond donors (Lipinski definition) is 2. The molecular formula is C19H22N2O5. The van der Waals surface area contributed by atoms with Crippen LogP contribution in [-0.2, 0) is 16.0 Å². The lowest BCUT2D eigenvalue weighted by atomic mass is 10.1. The van der Waals surface area contributed by atoms with Gasteiger partial charge in [0.2, 0.25) is 11.8 Å². The molecule has 2 rings (SSSR count). The molecule has 0 aliphatic heterocycles. The summed E-state index contributed by atoms with van der Waals surface area (Å²) in [5, 5.41) is 5.29. The third-order valence-electron chi connectivity index (χ3n) is 3.65. The van der Waals surface area contributed by atoms with Gasteiger partial charge < -0.3 is 24.8 Å². The Bertz CT molecular complexity index is 759. The van der Waals surface area contributed by atoms with Gasteiger partial charge in [0.1, 0.15) is 17.2 Å². The first-order valence-corrected chi connectivity index (χ1v) is 7.97. The molecule has 0 fully saturated rings. The highest BCUT2D eigenvalue weighted by Gasteiger charge is 2.11. The van der Waals surface area contributed by atoms with Crippen LogP contribution in [0.15, 0.2) is 42.5 Å². The van der Waals surface area contributed by atoms with E-state index in [1.807, 2.05) is 0 Å². The molecule has 0 heterocycles. The number of carbonyl (C=O) groups excluding carboxylic acids is 2. The van der Waals surface area contributed by atoms with E-state index in [2.05, 4.69) is 10.6 Å². The van der Waals surface area contributed by atoms with Crippen LogP contribution < -0.4 is 24.8 Å². The molecule has 26 heavy (non-hydrogen) atoms. The fraction of sp³-hybridized carbons (Fsp3) is 0.263. The first-order valence-electron chi connectivity index (χ1n) is 7.97. The largest absolute Gasteiger partial charge is 0.497 e. The topological polar surface area (TPSA) is 85.9 Å². The van der Waals surface area contributed by atoms with Gasteiger partial charge in [-0.25, -0.2) is 0 Å². The maximum atomic E-state index is 12.1. The Labute approximate surface area is 152 Å². The minimum Gasteiger partial charge on any atom is -0.497 e. The maximum Gasteiger partial charge on any atom is 0.243 e. The fourth-order valence-electron chi connectivity index (χ4n) is 2.28. The number of nitrogens with one attached hydrogen (secondary N) is 2. The van der Waals surface area contributed by atoms with Crippen LogP contribution in [0.4, 0.5) is 5.69 Å². The van der Waals surface area contributed by atoms with Crippen molar-refractivity contribution in [1.82, 2.24) is 5.32 Å². The number of ether oxygens (including phenoxy) is 3. The monoisotopic (exact) mass is 358 g/mol. The summed E-state index contributed by atoms with van der Waals surface area (Å²) < 4.78 is 15.4. The highest BCUT2D eigenvalue weighted by molar-refractivity contribution is 5.96. The number of hydrogen-bond acceptors (Lipinski definition) is 5. The van der Waals surface area contributed by atoms with E-state index < -0.39 is 0 Å². The molecule has 2 N–H and O–H groups in total. The van der Waals surface area contributed by atoms with Crippen molar-refractivity contribution in [1.29, 1.82) is 0 Å². The average Bonchev–Trinajstić information content (AvgIpc) is 2.67. The zero-order valence-corrected chi connectivity index (χ0v) is 15.0. The quantitative estimate of drug-likeness (QED) is 0.754. The van der Waals surface area contributed by atoms with E-state index in [0.29, 0.717) is 17.2 Å². The maximum absolute atomic E-state index is 12.1. The van der Waals surface area contributed by atoms with Crippen LogP contribution in [0.3, 0.4) is 0 Å². The Morgan fingerprint density at radius 1 is 0.846 bits per heavy atom. The minimum atomic E-state index is -0.361. The first kappa shape index (κ1) is 19.1. The number of amides is 2. The molecule has 0 bridgehead atoms. The SMILES string of the molecule is COc1ccc(CC(=O)NCC(=O)Nc2cc(OC)ccc2OC)cc1. The Kier molecular flexibility index (Phi) is 6.84. The van der Waals surface area contributed by atoms with E-state index >= 15 is 0 Å². The van der Waals surface area contributed by atoms with E-state index in [-0.39, 0.29) is 24.8 Å². The molecule has 0 radical (unpaired) electrons. The third kappa shape index (κ3) is 5.41. The van der Waals surface area contributed by atoms with Crippen molar-refractivity contribution < 1.29 is 23.8 Å². The summed E-state index contributed by atoms with van der Waals surface area (Å²) in [4.78, 5) is 24.1. The van der Waals surface area contributed by atoms with E-state index in [9.17, 15) is 9.59 Å². The van der Waals surface area contributed by atoms with Crippen LogP contribution in [0.1, 0.15) is 5.56 Å². The molecule has 0 aliphatic carbocycles. The number of anilines is 1. The molecule has 0 spiro atoms. The van der Waals surface area contributed by atoms with E-state index in [0.717, 1.165) is 11.3 Å². The molecule has 2 aromatic rings. The van der Waals surface area contributed by atoms with Crippen LogP contribution in [0.2, 0.25) is 0 Å². The van der Waals surface area contributed by atoms with Gasteiger partial charge in [0.25, 0.3) is 0 Å². The van der Waals surface area contributed by atoms with Gasteiger partial charge in [0.05, 0.1) is 40.0 Å². The lowest BCUT2D eigenvalue weighted by Gasteiger charge is -2.12. The van der Waals surface area contributed by atoms with Gasteiger partial charge in [-0.05, 0) is 29.8 Å². The third-order valence-corrected chi connectivity index (χ3v) is 3.65. The molecule has 0 aromatic heterocycles. The number of methoxy groups -OCH3 is 3. The zero-order valence-electron chi connectivity index (χ0n) is 15.0. The molecule has 7 nitrogen and oxygen atoms in total. The zero-order chi connectivity index (χ0) is 18.9. The van der Waals surface area contributed by atoms with Gasteiger partial charge in [-0.15, -0.1) is 0 Å². The minimum absolute atomic E-state index is 0.143. The lowest BCUT2D eigenvalue weighted by molar-refractivity contribution is -0.123. The van der Waals surface area contributed by atoms with Crippen molar-refractivity contribution in [3.05, 3.63) is 48.0 Å². The Balaban J connectivity index is 1.87. The molecule has 138 valence electrons. The number of benzene rings is 2. The Morgan fingerprint density at radius 3 is 2.12 bits per heavy atom. The molecule has 0 unspecified atom stereocenters. The van der Waals surface area contributed by atoms with Gasteiger partial charge in [-0.1, -0.05) is 12.1 Å².